The molecule has 0 saturated carbocycles. The van der Waals surface area contributed by atoms with Crippen molar-refractivity contribution in [1.82, 2.24) is 10.6 Å². The van der Waals surface area contributed by atoms with Gasteiger partial charge in [-0.2, -0.15) is 11.8 Å². The zero-order chi connectivity index (χ0) is 13.6. The molecule has 108 valence electrons. The SMILES string of the molecule is CCNC(=NCC(CC)CC)NCCCCSC. The Bertz CT molecular complexity index is 203. The zero-order valence-electron chi connectivity index (χ0n) is 12.6. The Morgan fingerprint density at radius 1 is 1.11 bits per heavy atom. The van der Waals surface area contributed by atoms with Gasteiger partial charge in [-0.3, -0.25) is 4.99 Å². The minimum Gasteiger partial charge on any atom is -0.357 e. The van der Waals surface area contributed by atoms with Crippen molar-refractivity contribution < 1.29 is 0 Å². The van der Waals surface area contributed by atoms with Crippen LogP contribution in [-0.2, 0) is 0 Å². The van der Waals surface area contributed by atoms with E-state index in [-0.39, 0.29) is 0 Å². The summed E-state index contributed by atoms with van der Waals surface area (Å²) in [5, 5.41) is 6.72. The maximum absolute atomic E-state index is 4.66. The number of nitrogens with one attached hydrogen (secondary N) is 2. The van der Waals surface area contributed by atoms with Crippen molar-refractivity contribution in [3.05, 3.63) is 0 Å². The Kier molecular flexibility index (Phi) is 12.8. The number of guanidine groups is 1. The van der Waals surface area contributed by atoms with E-state index >= 15 is 0 Å². The molecule has 0 aromatic rings. The van der Waals surface area contributed by atoms with Gasteiger partial charge in [0.25, 0.3) is 0 Å². The van der Waals surface area contributed by atoms with Gasteiger partial charge in [0.1, 0.15) is 0 Å². The van der Waals surface area contributed by atoms with Gasteiger partial charge in [0.15, 0.2) is 5.96 Å². The quantitative estimate of drug-likeness (QED) is 0.365. The fourth-order valence-electron chi connectivity index (χ4n) is 1.69. The summed E-state index contributed by atoms with van der Waals surface area (Å²) in [7, 11) is 0. The molecule has 0 aromatic heterocycles. The number of hydrogen-bond donors (Lipinski definition) is 2. The van der Waals surface area contributed by atoms with Crippen molar-refractivity contribution in [2.45, 2.75) is 46.5 Å². The highest BCUT2D eigenvalue weighted by Gasteiger charge is 2.03. The first-order valence-corrected chi connectivity index (χ1v) is 8.68. The van der Waals surface area contributed by atoms with Crippen molar-refractivity contribution in [2.24, 2.45) is 10.9 Å². The van der Waals surface area contributed by atoms with Crippen LogP contribution >= 0.6 is 11.8 Å². The Morgan fingerprint density at radius 2 is 1.83 bits per heavy atom. The summed E-state index contributed by atoms with van der Waals surface area (Å²) in [6, 6.07) is 0. The third-order valence-electron chi connectivity index (χ3n) is 3.07. The van der Waals surface area contributed by atoms with Crippen LogP contribution in [0, 0.1) is 5.92 Å². The molecule has 0 unspecified atom stereocenters. The number of thioether (sulfide) groups is 1. The maximum Gasteiger partial charge on any atom is 0.191 e. The molecule has 0 aromatic carbocycles. The molecule has 0 spiro atoms. The molecule has 3 nitrogen and oxygen atoms in total. The summed E-state index contributed by atoms with van der Waals surface area (Å²) in [6.45, 7) is 9.49. The number of nitrogens with zero attached hydrogens (tertiary/aromatic N) is 1. The third-order valence-corrected chi connectivity index (χ3v) is 3.77. The second-order valence-electron chi connectivity index (χ2n) is 4.53. The van der Waals surface area contributed by atoms with E-state index in [4.69, 9.17) is 0 Å². The minimum atomic E-state index is 0.719. The summed E-state index contributed by atoms with van der Waals surface area (Å²) < 4.78 is 0. The van der Waals surface area contributed by atoms with Crippen LogP contribution in [0.5, 0.6) is 0 Å². The monoisotopic (exact) mass is 273 g/mol. The van der Waals surface area contributed by atoms with Crippen molar-refractivity contribution in [2.75, 3.05) is 31.6 Å². The van der Waals surface area contributed by atoms with Crippen LogP contribution in [0.1, 0.15) is 46.5 Å². The third kappa shape index (κ3) is 9.63. The maximum atomic E-state index is 4.66. The lowest BCUT2D eigenvalue weighted by Gasteiger charge is -2.13. The van der Waals surface area contributed by atoms with Crippen molar-refractivity contribution >= 4 is 17.7 Å². The molecule has 0 heterocycles. The van der Waals surface area contributed by atoms with Gasteiger partial charge in [-0.1, -0.05) is 26.7 Å². The topological polar surface area (TPSA) is 36.4 Å². The summed E-state index contributed by atoms with van der Waals surface area (Å²) in [5.74, 6) is 2.95. The van der Waals surface area contributed by atoms with E-state index in [9.17, 15) is 0 Å². The van der Waals surface area contributed by atoms with Crippen LogP contribution in [0.4, 0.5) is 0 Å². The van der Waals surface area contributed by atoms with Crippen LogP contribution in [0.2, 0.25) is 0 Å². The molecule has 2 N–H and O–H groups in total. The van der Waals surface area contributed by atoms with E-state index in [0.29, 0.717) is 0 Å². The molecule has 0 atom stereocenters. The Labute approximate surface area is 118 Å². The van der Waals surface area contributed by atoms with Gasteiger partial charge in [-0.25, -0.2) is 0 Å². The second kappa shape index (κ2) is 13.1. The van der Waals surface area contributed by atoms with E-state index in [0.717, 1.165) is 31.5 Å². The Balaban J connectivity index is 3.92. The van der Waals surface area contributed by atoms with Crippen LogP contribution in [0.15, 0.2) is 4.99 Å². The van der Waals surface area contributed by atoms with E-state index in [2.05, 4.69) is 42.7 Å². The van der Waals surface area contributed by atoms with Gasteiger partial charge in [-0.05, 0) is 37.7 Å². The summed E-state index contributed by atoms with van der Waals surface area (Å²) >= 11 is 1.92. The predicted octanol–water partition coefficient (Wildman–Crippen LogP) is 3.12. The van der Waals surface area contributed by atoms with Crippen molar-refractivity contribution in [3.8, 4) is 0 Å². The van der Waals surface area contributed by atoms with E-state index in [1.165, 1.54) is 31.4 Å². The molecule has 0 fully saturated rings. The largest absolute Gasteiger partial charge is 0.357 e. The summed E-state index contributed by atoms with van der Waals surface area (Å²) in [5.41, 5.74) is 0. The van der Waals surface area contributed by atoms with E-state index in [1.54, 1.807) is 0 Å². The Morgan fingerprint density at radius 3 is 2.39 bits per heavy atom. The predicted molar refractivity (Wildman–Crippen MR) is 85.7 cm³/mol. The zero-order valence-corrected chi connectivity index (χ0v) is 13.4. The molecule has 0 amide bonds. The lowest BCUT2D eigenvalue weighted by molar-refractivity contribution is 0.504. The highest BCUT2D eigenvalue weighted by atomic mass is 32.2. The van der Waals surface area contributed by atoms with E-state index < -0.39 is 0 Å². The average Bonchev–Trinajstić information content (AvgIpc) is 2.39. The molecule has 4 heteroatoms. The number of unbranched alkanes of at least 4 members (excludes halogenated alkanes) is 1. The first-order valence-electron chi connectivity index (χ1n) is 7.29. The van der Waals surface area contributed by atoms with Gasteiger partial charge < -0.3 is 10.6 Å². The van der Waals surface area contributed by atoms with Crippen LogP contribution in [-0.4, -0.2) is 37.6 Å². The molecule has 0 rings (SSSR count). The highest BCUT2D eigenvalue weighted by Crippen LogP contribution is 2.07. The Hall–Kier alpha value is -0.380. The lowest BCUT2D eigenvalue weighted by atomic mass is 10.0. The van der Waals surface area contributed by atoms with Gasteiger partial charge in [0, 0.05) is 19.6 Å². The first kappa shape index (κ1) is 17.6. The molecule has 0 aliphatic heterocycles. The molecule has 0 aliphatic carbocycles. The molecule has 0 radical (unpaired) electrons. The fourth-order valence-corrected chi connectivity index (χ4v) is 2.18. The van der Waals surface area contributed by atoms with Crippen molar-refractivity contribution in [1.29, 1.82) is 0 Å². The molecule has 0 aliphatic rings. The van der Waals surface area contributed by atoms with Gasteiger partial charge in [0.2, 0.25) is 0 Å². The normalized spacial score (nSPS) is 11.9. The highest BCUT2D eigenvalue weighted by molar-refractivity contribution is 7.98. The van der Waals surface area contributed by atoms with Gasteiger partial charge in [-0.15, -0.1) is 0 Å². The molecule has 18 heavy (non-hydrogen) atoms. The summed E-state index contributed by atoms with van der Waals surface area (Å²) in [6.07, 6.45) is 7.09. The second-order valence-corrected chi connectivity index (χ2v) is 5.51. The molecular weight excluding hydrogens is 242 g/mol. The number of aliphatic imine (C=N–C) groups is 1. The summed E-state index contributed by atoms with van der Waals surface area (Å²) in [4.78, 5) is 4.66. The average molecular weight is 273 g/mol. The minimum absolute atomic E-state index is 0.719. The number of rotatable bonds is 10. The first-order chi connectivity index (χ1) is 8.78. The smallest absolute Gasteiger partial charge is 0.191 e. The lowest BCUT2D eigenvalue weighted by Crippen LogP contribution is -2.38. The van der Waals surface area contributed by atoms with E-state index in [1.807, 2.05) is 11.8 Å². The number of hydrogen-bond acceptors (Lipinski definition) is 2. The fraction of sp³-hybridized carbons (Fsp3) is 0.929. The molecule has 0 bridgehead atoms. The molecule has 0 saturated heterocycles. The van der Waals surface area contributed by atoms with Crippen LogP contribution in [0.25, 0.3) is 0 Å². The van der Waals surface area contributed by atoms with Gasteiger partial charge in [0.05, 0.1) is 0 Å². The van der Waals surface area contributed by atoms with Crippen LogP contribution in [0.3, 0.4) is 0 Å². The van der Waals surface area contributed by atoms with Crippen LogP contribution < -0.4 is 10.6 Å². The van der Waals surface area contributed by atoms with Crippen molar-refractivity contribution in [3.63, 3.8) is 0 Å². The van der Waals surface area contributed by atoms with Gasteiger partial charge >= 0.3 is 0 Å². The molecular formula is C14H31N3S. The standard InChI is InChI=1S/C14H31N3S/c1-5-13(6-2)12-17-14(15-7-3)16-10-8-9-11-18-4/h13H,5-12H2,1-4H3,(H2,15,16,17).